The third-order valence-corrected chi connectivity index (χ3v) is 4.82. The summed E-state index contributed by atoms with van der Waals surface area (Å²) >= 11 is 0. The van der Waals surface area contributed by atoms with E-state index in [9.17, 15) is 4.79 Å². The van der Waals surface area contributed by atoms with Gasteiger partial charge in [0.15, 0.2) is 0 Å². The third-order valence-electron chi connectivity index (χ3n) is 4.82. The highest BCUT2D eigenvalue weighted by molar-refractivity contribution is 5.93. The predicted molar refractivity (Wildman–Crippen MR) is 95.1 cm³/mol. The molecule has 0 bridgehead atoms. The van der Waals surface area contributed by atoms with Crippen molar-refractivity contribution in [2.75, 3.05) is 11.9 Å². The quantitative estimate of drug-likeness (QED) is 0.865. The van der Waals surface area contributed by atoms with Gasteiger partial charge in [-0.05, 0) is 40.2 Å². The smallest absolute Gasteiger partial charge is 0.242 e. The first-order valence-corrected chi connectivity index (χ1v) is 8.99. The number of hydrogen-bond acceptors (Lipinski definition) is 5. The Morgan fingerprint density at radius 1 is 1.32 bits per heavy atom. The molecule has 3 heterocycles. The van der Waals surface area contributed by atoms with Crippen LogP contribution in [0.4, 0.5) is 5.82 Å². The summed E-state index contributed by atoms with van der Waals surface area (Å²) < 4.78 is 3.68. The number of nitrogens with zero attached hydrogens (tertiary/aromatic N) is 6. The maximum Gasteiger partial charge on any atom is 0.242 e. The van der Waals surface area contributed by atoms with Crippen LogP contribution >= 0.6 is 0 Å². The van der Waals surface area contributed by atoms with Gasteiger partial charge in [0.25, 0.3) is 0 Å². The van der Waals surface area contributed by atoms with Crippen LogP contribution in [0.15, 0.2) is 24.9 Å². The molecule has 0 spiro atoms. The molecule has 8 nitrogen and oxygen atoms in total. The van der Waals surface area contributed by atoms with E-state index in [0.717, 1.165) is 31.7 Å². The minimum atomic E-state index is -0.204. The normalized spacial score (nSPS) is 19.9. The highest BCUT2D eigenvalue weighted by Gasteiger charge is 2.31. The maximum absolute atomic E-state index is 12.8. The van der Waals surface area contributed by atoms with Crippen molar-refractivity contribution in [2.45, 2.75) is 64.7 Å². The molecule has 0 aromatic carbocycles. The van der Waals surface area contributed by atoms with Crippen LogP contribution in [0.2, 0.25) is 0 Å². The summed E-state index contributed by atoms with van der Waals surface area (Å²) in [4.78, 5) is 19.1. The maximum atomic E-state index is 12.8. The molecule has 1 amide bonds. The van der Waals surface area contributed by atoms with Crippen molar-refractivity contribution < 1.29 is 4.79 Å². The van der Waals surface area contributed by atoms with Crippen LogP contribution in [-0.4, -0.2) is 54.0 Å². The molecule has 1 aliphatic heterocycles. The van der Waals surface area contributed by atoms with E-state index in [-0.39, 0.29) is 18.0 Å². The van der Waals surface area contributed by atoms with Gasteiger partial charge in [-0.15, -0.1) is 0 Å². The average Bonchev–Trinajstić information content (AvgIpc) is 3.26. The van der Waals surface area contributed by atoms with Crippen molar-refractivity contribution in [1.82, 2.24) is 29.4 Å². The second kappa shape index (κ2) is 7.77. The minimum Gasteiger partial charge on any atom is -0.310 e. The van der Waals surface area contributed by atoms with Crippen molar-refractivity contribution in [3.8, 4) is 0 Å². The van der Waals surface area contributed by atoms with E-state index < -0.39 is 0 Å². The van der Waals surface area contributed by atoms with Crippen LogP contribution in [0.1, 0.15) is 46.1 Å². The first-order valence-electron chi connectivity index (χ1n) is 8.99. The lowest BCUT2D eigenvalue weighted by atomic mass is 9.99. The molecule has 0 radical (unpaired) electrons. The Bertz CT molecular complexity index is 679. The molecule has 1 fully saturated rings. The van der Waals surface area contributed by atoms with Gasteiger partial charge in [-0.1, -0.05) is 6.42 Å². The number of carbonyl (C=O) groups excluding carboxylic acids is 1. The lowest BCUT2D eigenvalue weighted by molar-refractivity contribution is -0.122. The first kappa shape index (κ1) is 17.6. The number of piperidine rings is 1. The van der Waals surface area contributed by atoms with Gasteiger partial charge in [0.05, 0.1) is 18.8 Å². The summed E-state index contributed by atoms with van der Waals surface area (Å²) in [5.74, 6) is 0.754. The van der Waals surface area contributed by atoms with Gasteiger partial charge in [0.2, 0.25) is 5.91 Å². The molecule has 2 atom stereocenters. The molecule has 1 saturated heterocycles. The van der Waals surface area contributed by atoms with E-state index in [1.165, 1.54) is 6.42 Å². The standard InChI is InChI=1S/C17H27N7O/c1-13(2)24-16(7-8-19-24)21-17(25)14(3)23-9-5-4-6-15(23)10-22-12-18-11-20-22/h7-8,11-15H,4-6,9-10H2,1-3H3,(H,21,25)/t14-,15-/m1/s1. The Hall–Kier alpha value is -2.22. The molecule has 2 aromatic rings. The van der Waals surface area contributed by atoms with E-state index in [0.29, 0.717) is 6.04 Å². The molecule has 25 heavy (non-hydrogen) atoms. The van der Waals surface area contributed by atoms with E-state index in [1.54, 1.807) is 18.9 Å². The van der Waals surface area contributed by atoms with E-state index in [1.807, 2.05) is 36.2 Å². The molecular formula is C17H27N7O. The lowest BCUT2D eigenvalue weighted by Crippen LogP contribution is -2.51. The summed E-state index contributed by atoms with van der Waals surface area (Å²) in [6, 6.07) is 2.14. The third kappa shape index (κ3) is 4.07. The van der Waals surface area contributed by atoms with Gasteiger partial charge < -0.3 is 5.32 Å². The Labute approximate surface area is 148 Å². The van der Waals surface area contributed by atoms with Gasteiger partial charge in [0, 0.05) is 18.2 Å². The zero-order chi connectivity index (χ0) is 17.8. The number of nitrogens with one attached hydrogen (secondary N) is 1. The van der Waals surface area contributed by atoms with Crippen LogP contribution in [0.3, 0.4) is 0 Å². The zero-order valence-electron chi connectivity index (χ0n) is 15.2. The SMILES string of the molecule is CC(C)n1nccc1NC(=O)[C@@H](C)N1CCCC[C@@H]1Cn1cncn1. The average molecular weight is 345 g/mol. The topological polar surface area (TPSA) is 80.9 Å². The Morgan fingerprint density at radius 2 is 2.16 bits per heavy atom. The van der Waals surface area contributed by atoms with Crippen LogP contribution in [-0.2, 0) is 11.3 Å². The van der Waals surface area contributed by atoms with Crippen molar-refractivity contribution in [3.05, 3.63) is 24.9 Å². The zero-order valence-corrected chi connectivity index (χ0v) is 15.2. The summed E-state index contributed by atoms with van der Waals surface area (Å²) in [5.41, 5.74) is 0. The Morgan fingerprint density at radius 3 is 2.88 bits per heavy atom. The highest BCUT2D eigenvalue weighted by Crippen LogP contribution is 2.22. The number of anilines is 1. The van der Waals surface area contributed by atoms with Crippen molar-refractivity contribution in [3.63, 3.8) is 0 Å². The second-order valence-corrected chi connectivity index (χ2v) is 6.92. The summed E-state index contributed by atoms with van der Waals surface area (Å²) in [7, 11) is 0. The number of amides is 1. The first-order chi connectivity index (χ1) is 12.1. The highest BCUT2D eigenvalue weighted by atomic mass is 16.2. The Kier molecular flexibility index (Phi) is 5.47. The second-order valence-electron chi connectivity index (χ2n) is 6.92. The van der Waals surface area contributed by atoms with Gasteiger partial charge in [-0.2, -0.15) is 10.2 Å². The molecule has 0 saturated carbocycles. The van der Waals surface area contributed by atoms with Gasteiger partial charge in [-0.25, -0.2) is 9.67 Å². The number of aromatic nitrogens is 5. The fraction of sp³-hybridized carbons (Fsp3) is 0.647. The van der Waals surface area contributed by atoms with E-state index in [2.05, 4.69) is 25.4 Å². The number of likely N-dealkylation sites (tertiary alicyclic amines) is 1. The minimum absolute atomic E-state index is 0.00731. The molecule has 8 heteroatoms. The summed E-state index contributed by atoms with van der Waals surface area (Å²) in [5, 5.41) is 11.5. The molecule has 0 unspecified atom stereocenters. The van der Waals surface area contributed by atoms with Crippen LogP contribution < -0.4 is 5.32 Å². The number of rotatable bonds is 6. The molecule has 1 aliphatic rings. The van der Waals surface area contributed by atoms with Crippen molar-refractivity contribution in [1.29, 1.82) is 0 Å². The van der Waals surface area contributed by atoms with Gasteiger partial charge in [0.1, 0.15) is 18.5 Å². The molecule has 136 valence electrons. The Balaban J connectivity index is 1.67. The van der Waals surface area contributed by atoms with Crippen LogP contribution in [0, 0.1) is 0 Å². The largest absolute Gasteiger partial charge is 0.310 e. The fourth-order valence-corrected chi connectivity index (χ4v) is 3.48. The van der Waals surface area contributed by atoms with E-state index in [4.69, 9.17) is 0 Å². The van der Waals surface area contributed by atoms with E-state index >= 15 is 0 Å². The monoisotopic (exact) mass is 345 g/mol. The van der Waals surface area contributed by atoms with Crippen molar-refractivity contribution in [2.24, 2.45) is 0 Å². The molecule has 3 rings (SSSR count). The number of hydrogen-bond donors (Lipinski definition) is 1. The van der Waals surface area contributed by atoms with Gasteiger partial charge in [-0.3, -0.25) is 14.4 Å². The molecule has 2 aromatic heterocycles. The van der Waals surface area contributed by atoms with Gasteiger partial charge >= 0.3 is 0 Å². The number of carbonyl (C=O) groups is 1. The molecule has 0 aliphatic carbocycles. The summed E-state index contributed by atoms with van der Waals surface area (Å²) in [6.07, 6.45) is 8.38. The van der Waals surface area contributed by atoms with Crippen LogP contribution in [0.25, 0.3) is 0 Å². The van der Waals surface area contributed by atoms with Crippen LogP contribution in [0.5, 0.6) is 0 Å². The molecule has 1 N–H and O–H groups in total. The summed E-state index contributed by atoms with van der Waals surface area (Å²) in [6.45, 7) is 7.76. The lowest BCUT2D eigenvalue weighted by Gasteiger charge is -2.39. The predicted octanol–water partition coefficient (Wildman–Crippen LogP) is 1.94. The van der Waals surface area contributed by atoms with Crippen molar-refractivity contribution >= 4 is 11.7 Å². The fourth-order valence-electron chi connectivity index (χ4n) is 3.48. The molecular weight excluding hydrogens is 318 g/mol.